The molecule has 4 nitrogen and oxygen atoms in total. The number of aromatic nitrogens is 4. The summed E-state index contributed by atoms with van der Waals surface area (Å²) in [7, 11) is 0. The fourth-order valence-corrected chi connectivity index (χ4v) is 1.72. The fourth-order valence-electron chi connectivity index (χ4n) is 1.72. The van der Waals surface area contributed by atoms with Crippen LogP contribution in [0.1, 0.15) is 38.3 Å². The number of hydrogen-bond donors (Lipinski definition) is 0. The molecule has 0 fully saturated rings. The van der Waals surface area contributed by atoms with Crippen molar-refractivity contribution in [2.45, 2.75) is 39.8 Å². The molecular formula is C12H18N4. The molecule has 16 heavy (non-hydrogen) atoms. The second-order valence-electron chi connectivity index (χ2n) is 4.21. The summed E-state index contributed by atoms with van der Waals surface area (Å²) in [5.74, 6) is 1.11. The molecule has 0 aliphatic heterocycles. The predicted octanol–water partition coefficient (Wildman–Crippen LogP) is 2.27. The molecule has 0 aromatic carbocycles. The molecule has 0 aliphatic carbocycles. The summed E-state index contributed by atoms with van der Waals surface area (Å²) >= 11 is 0. The molecule has 2 aromatic rings. The highest BCUT2D eigenvalue weighted by Gasteiger charge is 2.05. The first-order valence-corrected chi connectivity index (χ1v) is 5.74. The lowest BCUT2D eigenvalue weighted by atomic mass is 10.4. The highest BCUT2D eigenvalue weighted by atomic mass is 15.3. The summed E-state index contributed by atoms with van der Waals surface area (Å²) in [5, 5.41) is 4.53. The van der Waals surface area contributed by atoms with Crippen LogP contribution in [-0.2, 0) is 13.0 Å². The van der Waals surface area contributed by atoms with Crippen molar-refractivity contribution in [1.29, 1.82) is 0 Å². The molecular weight excluding hydrogens is 200 g/mol. The Bertz CT molecular complexity index is 453. The zero-order valence-corrected chi connectivity index (χ0v) is 10.1. The van der Waals surface area contributed by atoms with E-state index in [-0.39, 0.29) is 0 Å². The smallest absolute Gasteiger partial charge is 0.108 e. The molecule has 0 spiro atoms. The van der Waals surface area contributed by atoms with Crippen molar-refractivity contribution >= 4 is 0 Å². The van der Waals surface area contributed by atoms with Crippen molar-refractivity contribution in [1.82, 2.24) is 19.3 Å². The van der Waals surface area contributed by atoms with E-state index in [1.54, 1.807) is 0 Å². The Labute approximate surface area is 95.9 Å². The number of rotatable bonds is 4. The van der Waals surface area contributed by atoms with Crippen molar-refractivity contribution in [2.75, 3.05) is 0 Å². The van der Waals surface area contributed by atoms with E-state index in [2.05, 4.69) is 41.5 Å². The molecule has 2 rings (SSSR count). The molecule has 0 radical (unpaired) electrons. The Morgan fingerprint density at radius 1 is 1.31 bits per heavy atom. The molecule has 0 bridgehead atoms. The first-order valence-electron chi connectivity index (χ1n) is 5.74. The van der Waals surface area contributed by atoms with Crippen LogP contribution < -0.4 is 0 Å². The quantitative estimate of drug-likeness (QED) is 0.789. The Morgan fingerprint density at radius 2 is 2.12 bits per heavy atom. The third-order valence-electron chi connectivity index (χ3n) is 2.64. The van der Waals surface area contributed by atoms with Gasteiger partial charge in [0.25, 0.3) is 0 Å². The normalized spacial score (nSPS) is 11.2. The molecule has 86 valence electrons. The lowest BCUT2D eigenvalue weighted by Gasteiger charge is -2.05. The van der Waals surface area contributed by atoms with Crippen LogP contribution in [0.25, 0.3) is 0 Å². The maximum Gasteiger partial charge on any atom is 0.108 e. The van der Waals surface area contributed by atoms with Gasteiger partial charge in [0.15, 0.2) is 0 Å². The van der Waals surface area contributed by atoms with Gasteiger partial charge in [-0.2, -0.15) is 5.10 Å². The summed E-state index contributed by atoms with van der Waals surface area (Å²) in [6.07, 6.45) is 6.84. The monoisotopic (exact) mass is 218 g/mol. The van der Waals surface area contributed by atoms with Crippen LogP contribution in [0.5, 0.6) is 0 Å². The van der Waals surface area contributed by atoms with Gasteiger partial charge < -0.3 is 4.57 Å². The van der Waals surface area contributed by atoms with E-state index < -0.39 is 0 Å². The van der Waals surface area contributed by atoms with Crippen LogP contribution in [0.3, 0.4) is 0 Å². The van der Waals surface area contributed by atoms with Crippen molar-refractivity contribution in [2.24, 2.45) is 0 Å². The lowest BCUT2D eigenvalue weighted by Crippen LogP contribution is -2.06. The molecule has 4 heteroatoms. The maximum absolute atomic E-state index is 4.53. The third kappa shape index (κ3) is 2.15. The van der Waals surface area contributed by atoms with Crippen molar-refractivity contribution in [3.05, 3.63) is 36.2 Å². The SMILES string of the molecule is CCc1nccn1Cc1ccn(C(C)C)n1. The van der Waals surface area contributed by atoms with E-state index in [4.69, 9.17) is 0 Å². The first-order chi connectivity index (χ1) is 7.70. The van der Waals surface area contributed by atoms with Crippen LogP contribution in [0.2, 0.25) is 0 Å². The van der Waals surface area contributed by atoms with E-state index in [0.717, 1.165) is 24.5 Å². The maximum atomic E-state index is 4.53. The summed E-state index contributed by atoms with van der Waals surface area (Å²) in [5.41, 5.74) is 1.08. The zero-order valence-electron chi connectivity index (χ0n) is 10.1. The van der Waals surface area contributed by atoms with Gasteiger partial charge in [-0.3, -0.25) is 4.68 Å². The Balaban J connectivity index is 2.14. The number of hydrogen-bond acceptors (Lipinski definition) is 2. The third-order valence-corrected chi connectivity index (χ3v) is 2.64. The van der Waals surface area contributed by atoms with E-state index in [1.165, 1.54) is 0 Å². The van der Waals surface area contributed by atoms with Crippen LogP contribution in [0, 0.1) is 0 Å². The van der Waals surface area contributed by atoms with E-state index >= 15 is 0 Å². The molecule has 0 saturated heterocycles. The minimum absolute atomic E-state index is 0.419. The van der Waals surface area contributed by atoms with Crippen molar-refractivity contribution < 1.29 is 0 Å². The Morgan fingerprint density at radius 3 is 2.75 bits per heavy atom. The van der Waals surface area contributed by atoms with Crippen molar-refractivity contribution in [3.8, 4) is 0 Å². The van der Waals surface area contributed by atoms with E-state index in [9.17, 15) is 0 Å². The van der Waals surface area contributed by atoms with Gasteiger partial charge in [0, 0.05) is 31.1 Å². The average Bonchev–Trinajstić information content (AvgIpc) is 2.87. The van der Waals surface area contributed by atoms with Gasteiger partial charge in [0.05, 0.1) is 12.2 Å². The first kappa shape index (κ1) is 10.9. The van der Waals surface area contributed by atoms with Gasteiger partial charge in [-0.25, -0.2) is 4.98 Å². The topological polar surface area (TPSA) is 35.6 Å². The van der Waals surface area contributed by atoms with Crippen LogP contribution in [0.4, 0.5) is 0 Å². The predicted molar refractivity (Wildman–Crippen MR) is 63.3 cm³/mol. The highest BCUT2D eigenvalue weighted by molar-refractivity contribution is 5.03. The van der Waals surface area contributed by atoms with E-state index in [1.807, 2.05) is 23.3 Å². The standard InChI is InChI=1S/C12H18N4/c1-4-12-13-6-8-15(12)9-11-5-7-16(14-11)10(2)3/h5-8,10H,4,9H2,1-3H3. The van der Waals surface area contributed by atoms with Crippen LogP contribution in [-0.4, -0.2) is 19.3 Å². The second-order valence-corrected chi connectivity index (χ2v) is 4.21. The molecule has 2 heterocycles. The van der Waals surface area contributed by atoms with Crippen LogP contribution in [0.15, 0.2) is 24.7 Å². The summed E-state index contributed by atoms with van der Waals surface area (Å²) in [6.45, 7) is 7.19. The van der Waals surface area contributed by atoms with Gasteiger partial charge >= 0.3 is 0 Å². The summed E-state index contributed by atoms with van der Waals surface area (Å²) < 4.78 is 4.13. The molecule has 0 saturated carbocycles. The lowest BCUT2D eigenvalue weighted by molar-refractivity contribution is 0.523. The van der Waals surface area contributed by atoms with Gasteiger partial charge in [-0.05, 0) is 19.9 Å². The molecule has 0 unspecified atom stereocenters. The highest BCUT2D eigenvalue weighted by Crippen LogP contribution is 2.07. The minimum atomic E-state index is 0.419. The molecule has 0 atom stereocenters. The van der Waals surface area contributed by atoms with Crippen molar-refractivity contribution in [3.63, 3.8) is 0 Å². The summed E-state index contributed by atoms with van der Waals surface area (Å²) in [6, 6.07) is 2.49. The van der Waals surface area contributed by atoms with Gasteiger partial charge in [-0.1, -0.05) is 6.92 Å². The Kier molecular flexibility index (Phi) is 3.08. The Hall–Kier alpha value is -1.58. The van der Waals surface area contributed by atoms with Crippen LogP contribution >= 0.6 is 0 Å². The van der Waals surface area contributed by atoms with Gasteiger partial charge in [0.2, 0.25) is 0 Å². The largest absolute Gasteiger partial charge is 0.329 e. The van der Waals surface area contributed by atoms with Gasteiger partial charge in [0.1, 0.15) is 5.82 Å². The van der Waals surface area contributed by atoms with E-state index in [0.29, 0.717) is 6.04 Å². The fraction of sp³-hybridized carbons (Fsp3) is 0.500. The number of nitrogens with zero attached hydrogens (tertiary/aromatic N) is 4. The summed E-state index contributed by atoms with van der Waals surface area (Å²) in [4.78, 5) is 4.30. The minimum Gasteiger partial charge on any atom is -0.329 e. The molecule has 0 aliphatic rings. The van der Waals surface area contributed by atoms with Gasteiger partial charge in [-0.15, -0.1) is 0 Å². The molecule has 0 N–H and O–H groups in total. The molecule has 0 amide bonds. The average molecular weight is 218 g/mol. The number of imidazole rings is 1. The second kappa shape index (κ2) is 4.51. The zero-order chi connectivity index (χ0) is 11.5. The molecule has 2 aromatic heterocycles. The number of aryl methyl sites for hydroxylation is 1.